The minimum atomic E-state index is -0.360. The third kappa shape index (κ3) is 3.78. The molecule has 1 saturated carbocycles. The SMILES string of the molecule is Cc1cc(F)c(-c2cc(Nc3cnc(C#N)cn3)n[nH]2)c(OC2CCCC2)c1. The maximum absolute atomic E-state index is 14.8. The number of rotatable bonds is 5. The number of hydrogen-bond acceptors (Lipinski definition) is 6. The Hall–Kier alpha value is -3.47. The van der Waals surface area contributed by atoms with Crippen LogP contribution in [-0.2, 0) is 0 Å². The maximum Gasteiger partial charge on any atom is 0.158 e. The molecule has 28 heavy (non-hydrogen) atoms. The Kier molecular flexibility index (Phi) is 4.89. The minimum Gasteiger partial charge on any atom is -0.490 e. The van der Waals surface area contributed by atoms with Gasteiger partial charge in [-0.15, -0.1) is 0 Å². The van der Waals surface area contributed by atoms with Gasteiger partial charge in [0, 0.05) is 6.07 Å². The number of nitrogens with one attached hydrogen (secondary N) is 2. The molecule has 0 unspecified atom stereocenters. The van der Waals surface area contributed by atoms with E-state index < -0.39 is 0 Å². The zero-order valence-electron chi connectivity index (χ0n) is 15.4. The zero-order valence-corrected chi connectivity index (χ0v) is 15.4. The van der Waals surface area contributed by atoms with Gasteiger partial charge in [0.2, 0.25) is 0 Å². The normalized spacial score (nSPS) is 14.0. The quantitative estimate of drug-likeness (QED) is 0.688. The highest BCUT2D eigenvalue weighted by atomic mass is 19.1. The highest BCUT2D eigenvalue weighted by Crippen LogP contribution is 2.36. The van der Waals surface area contributed by atoms with Crippen molar-refractivity contribution >= 4 is 11.6 Å². The first-order valence-corrected chi connectivity index (χ1v) is 9.14. The molecule has 8 heteroatoms. The van der Waals surface area contributed by atoms with Crippen LogP contribution in [0.25, 0.3) is 11.3 Å². The van der Waals surface area contributed by atoms with Crippen molar-refractivity contribution in [2.24, 2.45) is 0 Å². The summed E-state index contributed by atoms with van der Waals surface area (Å²) in [6.07, 6.45) is 7.17. The highest BCUT2D eigenvalue weighted by molar-refractivity contribution is 5.71. The average molecular weight is 378 g/mol. The Labute approximate surface area is 161 Å². The van der Waals surface area contributed by atoms with E-state index in [1.807, 2.05) is 19.1 Å². The van der Waals surface area contributed by atoms with Crippen LogP contribution in [0.2, 0.25) is 0 Å². The number of halogens is 1. The molecule has 1 fully saturated rings. The van der Waals surface area contributed by atoms with Crippen molar-refractivity contribution in [1.82, 2.24) is 20.2 Å². The lowest BCUT2D eigenvalue weighted by Crippen LogP contribution is -2.12. The van der Waals surface area contributed by atoms with Gasteiger partial charge in [-0.2, -0.15) is 10.4 Å². The molecule has 1 aliphatic carbocycles. The Morgan fingerprint density at radius 2 is 2.00 bits per heavy atom. The van der Waals surface area contributed by atoms with Gasteiger partial charge >= 0.3 is 0 Å². The Morgan fingerprint density at radius 1 is 1.18 bits per heavy atom. The van der Waals surface area contributed by atoms with Gasteiger partial charge in [-0.05, 0) is 50.3 Å². The summed E-state index contributed by atoms with van der Waals surface area (Å²) in [6.45, 7) is 1.85. The van der Waals surface area contributed by atoms with Gasteiger partial charge in [0.05, 0.1) is 29.8 Å². The molecule has 0 amide bonds. The van der Waals surface area contributed by atoms with Gasteiger partial charge in [-0.3, -0.25) is 5.10 Å². The number of nitriles is 1. The molecule has 3 aromatic rings. The second kappa shape index (κ2) is 7.64. The fraction of sp³-hybridized carbons (Fsp3) is 0.300. The topological polar surface area (TPSA) is 99.5 Å². The molecule has 0 aliphatic heterocycles. The lowest BCUT2D eigenvalue weighted by molar-refractivity contribution is 0.210. The number of H-pyrrole nitrogens is 1. The van der Waals surface area contributed by atoms with E-state index in [4.69, 9.17) is 10.00 Å². The molecule has 2 aromatic heterocycles. The van der Waals surface area contributed by atoms with Crippen LogP contribution in [0.3, 0.4) is 0 Å². The van der Waals surface area contributed by atoms with Gasteiger partial charge in [-0.1, -0.05) is 0 Å². The van der Waals surface area contributed by atoms with Crippen molar-refractivity contribution in [3.8, 4) is 23.1 Å². The molecule has 2 N–H and O–H groups in total. The number of aryl methyl sites for hydroxylation is 1. The second-order valence-corrected chi connectivity index (χ2v) is 6.83. The van der Waals surface area contributed by atoms with Crippen molar-refractivity contribution < 1.29 is 9.13 Å². The first kappa shape index (κ1) is 17.9. The van der Waals surface area contributed by atoms with E-state index in [1.54, 1.807) is 6.07 Å². The third-order valence-electron chi connectivity index (χ3n) is 4.66. The van der Waals surface area contributed by atoms with E-state index in [1.165, 1.54) is 18.5 Å². The average Bonchev–Trinajstić information content (AvgIpc) is 3.34. The number of anilines is 2. The van der Waals surface area contributed by atoms with Gasteiger partial charge in [0.25, 0.3) is 0 Å². The van der Waals surface area contributed by atoms with Crippen LogP contribution in [0.4, 0.5) is 16.0 Å². The van der Waals surface area contributed by atoms with Crippen LogP contribution in [-0.4, -0.2) is 26.3 Å². The first-order valence-electron chi connectivity index (χ1n) is 9.14. The number of aromatic amines is 1. The van der Waals surface area contributed by atoms with E-state index in [0.717, 1.165) is 31.2 Å². The molecule has 2 heterocycles. The molecule has 0 saturated heterocycles. The summed E-state index contributed by atoms with van der Waals surface area (Å²) in [5.41, 5.74) is 1.90. The summed E-state index contributed by atoms with van der Waals surface area (Å²) < 4.78 is 20.9. The van der Waals surface area contributed by atoms with E-state index in [9.17, 15) is 4.39 Å². The lowest BCUT2D eigenvalue weighted by atomic mass is 10.1. The summed E-state index contributed by atoms with van der Waals surface area (Å²) >= 11 is 0. The van der Waals surface area contributed by atoms with Gasteiger partial charge in [0.15, 0.2) is 11.5 Å². The number of aromatic nitrogens is 4. The first-order chi connectivity index (χ1) is 13.6. The van der Waals surface area contributed by atoms with Crippen molar-refractivity contribution in [1.29, 1.82) is 5.26 Å². The molecule has 0 radical (unpaired) electrons. The van der Waals surface area contributed by atoms with Crippen LogP contribution < -0.4 is 10.1 Å². The lowest BCUT2D eigenvalue weighted by Gasteiger charge is -2.17. The maximum atomic E-state index is 14.8. The largest absolute Gasteiger partial charge is 0.490 e. The molecule has 0 spiro atoms. The molecule has 1 aliphatic rings. The summed E-state index contributed by atoms with van der Waals surface area (Å²) in [6, 6.07) is 6.94. The third-order valence-corrected chi connectivity index (χ3v) is 4.66. The Balaban J connectivity index is 1.61. The molecule has 4 rings (SSSR count). The number of benzene rings is 1. The van der Waals surface area contributed by atoms with Crippen molar-refractivity contribution in [2.45, 2.75) is 38.7 Å². The molecular weight excluding hydrogens is 359 g/mol. The smallest absolute Gasteiger partial charge is 0.158 e. The van der Waals surface area contributed by atoms with Crippen LogP contribution in [0, 0.1) is 24.1 Å². The van der Waals surface area contributed by atoms with E-state index in [-0.39, 0.29) is 17.6 Å². The standard InChI is InChI=1S/C20H19FN6O/c1-12-6-15(21)20(17(7-12)28-14-4-2-3-5-14)16-8-18(27-26-16)25-19-11-23-13(9-22)10-24-19/h6-8,10-11,14H,2-5H2,1H3,(H2,24,25,26,27). The van der Waals surface area contributed by atoms with Crippen molar-refractivity contribution in [3.63, 3.8) is 0 Å². The Morgan fingerprint density at radius 3 is 2.71 bits per heavy atom. The predicted octanol–water partition coefficient (Wildman–Crippen LogP) is 4.25. The van der Waals surface area contributed by atoms with Crippen LogP contribution in [0.15, 0.2) is 30.6 Å². The summed E-state index contributed by atoms with van der Waals surface area (Å²) in [4.78, 5) is 8.04. The molecular formula is C20H19FN6O. The van der Waals surface area contributed by atoms with Crippen LogP contribution >= 0.6 is 0 Å². The minimum absolute atomic E-state index is 0.120. The molecule has 0 bridgehead atoms. The summed E-state index contributed by atoms with van der Waals surface area (Å²) in [5, 5.41) is 18.8. The predicted molar refractivity (Wildman–Crippen MR) is 102 cm³/mol. The molecule has 1 aromatic carbocycles. The highest BCUT2D eigenvalue weighted by Gasteiger charge is 2.22. The van der Waals surface area contributed by atoms with Gasteiger partial charge in [-0.25, -0.2) is 14.4 Å². The van der Waals surface area contributed by atoms with E-state index in [2.05, 4.69) is 25.5 Å². The molecule has 0 atom stereocenters. The number of hydrogen-bond donors (Lipinski definition) is 2. The molecule has 7 nitrogen and oxygen atoms in total. The van der Waals surface area contributed by atoms with Crippen molar-refractivity contribution in [2.75, 3.05) is 5.32 Å². The van der Waals surface area contributed by atoms with E-state index >= 15 is 0 Å². The number of nitrogens with zero attached hydrogens (tertiary/aromatic N) is 4. The Bertz CT molecular complexity index is 1020. The zero-order chi connectivity index (χ0) is 19.5. The van der Waals surface area contributed by atoms with Crippen molar-refractivity contribution in [3.05, 3.63) is 47.7 Å². The van der Waals surface area contributed by atoms with Crippen LogP contribution in [0.5, 0.6) is 5.75 Å². The summed E-state index contributed by atoms with van der Waals surface area (Å²) in [5.74, 6) is 1.06. The van der Waals surface area contributed by atoms with Gasteiger partial charge in [0.1, 0.15) is 23.5 Å². The second-order valence-electron chi connectivity index (χ2n) is 6.83. The van der Waals surface area contributed by atoms with Gasteiger partial charge < -0.3 is 10.1 Å². The fourth-order valence-corrected chi connectivity index (χ4v) is 3.35. The summed E-state index contributed by atoms with van der Waals surface area (Å²) in [7, 11) is 0. The monoisotopic (exact) mass is 378 g/mol. The number of ether oxygens (including phenoxy) is 1. The van der Waals surface area contributed by atoms with Crippen LogP contribution in [0.1, 0.15) is 36.9 Å². The van der Waals surface area contributed by atoms with E-state index in [0.29, 0.717) is 28.6 Å². The molecule has 142 valence electrons. The fourth-order valence-electron chi connectivity index (χ4n) is 3.35.